The van der Waals surface area contributed by atoms with E-state index in [-0.39, 0.29) is 29.7 Å². The second-order valence-electron chi connectivity index (χ2n) is 0.519. The molecule has 0 spiro atoms. The summed E-state index contributed by atoms with van der Waals surface area (Å²) in [6.45, 7) is 1.08. The average molecular weight is 161 g/mol. The van der Waals surface area contributed by atoms with E-state index in [0.29, 0.717) is 0 Å². The summed E-state index contributed by atoms with van der Waals surface area (Å²) in [5.74, 6) is -0.833. The molecule has 0 rings (SSSR count). The Hall–Kier alpha value is 0.536. The van der Waals surface area contributed by atoms with Crippen molar-refractivity contribution in [3.05, 3.63) is 0 Å². The van der Waals surface area contributed by atoms with Gasteiger partial charge in [0.1, 0.15) is 0 Å². The molecular formula is C2H4GaO2P. The van der Waals surface area contributed by atoms with Crippen LogP contribution in [0.5, 0.6) is 0 Å². The van der Waals surface area contributed by atoms with Crippen molar-refractivity contribution in [2.75, 3.05) is 0 Å². The molecule has 6 heavy (non-hydrogen) atoms. The molecule has 0 heterocycles. The number of hydrogen-bond acceptors (Lipinski definition) is 1. The van der Waals surface area contributed by atoms with Crippen molar-refractivity contribution < 1.29 is 9.90 Å². The van der Waals surface area contributed by atoms with Gasteiger partial charge >= 0.3 is 0 Å². The van der Waals surface area contributed by atoms with Gasteiger partial charge in [0.05, 0.1) is 0 Å². The summed E-state index contributed by atoms with van der Waals surface area (Å²) in [5, 5.41) is 7.42. The molecule has 0 aromatic heterocycles. The van der Waals surface area contributed by atoms with Gasteiger partial charge < -0.3 is 5.11 Å². The fraction of sp³-hybridized carbons (Fsp3) is 0.500. The van der Waals surface area contributed by atoms with E-state index in [1.165, 1.54) is 0 Å². The first-order valence-electron chi connectivity index (χ1n) is 0.928. The molecule has 0 aliphatic carbocycles. The molecule has 6 radical (unpaired) electrons. The maximum absolute atomic E-state index is 9.00. The monoisotopic (exact) mass is 160 g/mol. The standard InChI is InChI=1S/C2H4O2.Ga.P/c1-2(3)4;;/h1H3,(H,3,4);;. The minimum absolute atomic E-state index is 0. The molecule has 0 amide bonds. The summed E-state index contributed by atoms with van der Waals surface area (Å²) in [7, 11) is 0. The van der Waals surface area contributed by atoms with Crippen molar-refractivity contribution in [2.45, 2.75) is 6.92 Å². The van der Waals surface area contributed by atoms with Crippen LogP contribution in [0.4, 0.5) is 0 Å². The first-order valence-corrected chi connectivity index (χ1v) is 0.928. The normalized spacial score (nSPS) is 4.17. The third kappa shape index (κ3) is 197. The van der Waals surface area contributed by atoms with Crippen LogP contribution in [0.15, 0.2) is 0 Å². The van der Waals surface area contributed by atoms with E-state index in [0.717, 1.165) is 6.92 Å². The molecule has 1 N–H and O–H groups in total. The number of hydrogen-bond donors (Lipinski definition) is 1. The van der Waals surface area contributed by atoms with E-state index in [2.05, 4.69) is 0 Å². The molecular weight excluding hydrogens is 157 g/mol. The molecule has 0 saturated heterocycles. The SMILES string of the molecule is CC(=O)O.[Ga].[P]. The first-order chi connectivity index (χ1) is 1.73. The van der Waals surface area contributed by atoms with E-state index in [4.69, 9.17) is 9.90 Å². The Bertz CT molecular complexity index is 34.5. The number of carboxylic acids is 1. The summed E-state index contributed by atoms with van der Waals surface area (Å²) in [6.07, 6.45) is 0. The van der Waals surface area contributed by atoms with Gasteiger partial charge in [-0.3, -0.25) is 4.79 Å². The molecule has 0 saturated carbocycles. The molecule has 32 valence electrons. The van der Waals surface area contributed by atoms with Crippen LogP contribution in [0.2, 0.25) is 0 Å². The van der Waals surface area contributed by atoms with Crippen molar-refractivity contribution in [1.29, 1.82) is 0 Å². The van der Waals surface area contributed by atoms with Crippen molar-refractivity contribution in [3.8, 4) is 0 Å². The Morgan fingerprint density at radius 3 is 1.67 bits per heavy atom. The topological polar surface area (TPSA) is 37.3 Å². The van der Waals surface area contributed by atoms with Gasteiger partial charge in [0.15, 0.2) is 0 Å². The zero-order chi connectivity index (χ0) is 3.58. The number of aliphatic carboxylic acids is 1. The maximum atomic E-state index is 9.00. The van der Waals surface area contributed by atoms with Crippen LogP contribution >= 0.6 is 9.90 Å². The van der Waals surface area contributed by atoms with Crippen molar-refractivity contribution in [2.24, 2.45) is 0 Å². The van der Waals surface area contributed by atoms with Gasteiger partial charge in [0.2, 0.25) is 0 Å². The zero-order valence-electron chi connectivity index (χ0n) is 3.38. The molecule has 4 heteroatoms. The number of rotatable bonds is 0. The zero-order valence-corrected chi connectivity index (χ0v) is 6.70. The molecule has 0 aromatic rings. The second-order valence-corrected chi connectivity index (χ2v) is 0.519. The molecule has 0 unspecified atom stereocenters. The van der Waals surface area contributed by atoms with E-state index < -0.39 is 5.97 Å². The van der Waals surface area contributed by atoms with Crippen LogP contribution in [0.1, 0.15) is 6.92 Å². The Balaban J connectivity index is -0.0000000450. The van der Waals surface area contributed by atoms with E-state index >= 15 is 0 Å². The minimum Gasteiger partial charge on any atom is -0.481 e. The Morgan fingerprint density at radius 2 is 1.67 bits per heavy atom. The van der Waals surface area contributed by atoms with Gasteiger partial charge in [-0.15, -0.1) is 0 Å². The van der Waals surface area contributed by atoms with Crippen LogP contribution in [0.25, 0.3) is 0 Å². The van der Waals surface area contributed by atoms with Gasteiger partial charge in [-0.1, -0.05) is 0 Å². The van der Waals surface area contributed by atoms with E-state index in [1.54, 1.807) is 0 Å². The third-order valence-corrected chi connectivity index (χ3v) is 0. The summed E-state index contributed by atoms with van der Waals surface area (Å²) in [5.41, 5.74) is 0. The van der Waals surface area contributed by atoms with E-state index in [1.807, 2.05) is 0 Å². The Labute approximate surface area is 53.0 Å². The average Bonchev–Trinajstić information content (AvgIpc) is 0.811. The van der Waals surface area contributed by atoms with Gasteiger partial charge in [-0.05, 0) is 0 Å². The molecule has 0 bridgehead atoms. The summed E-state index contributed by atoms with van der Waals surface area (Å²) >= 11 is 0. The van der Waals surface area contributed by atoms with Gasteiger partial charge in [0.25, 0.3) is 5.97 Å². The van der Waals surface area contributed by atoms with Crippen LogP contribution in [0.3, 0.4) is 0 Å². The summed E-state index contributed by atoms with van der Waals surface area (Å²) in [4.78, 5) is 9.00. The number of carbonyl (C=O) groups is 1. The number of carboxylic acid groups (broad SMARTS) is 1. The van der Waals surface area contributed by atoms with Crippen LogP contribution < -0.4 is 0 Å². The molecule has 0 fully saturated rings. The maximum Gasteiger partial charge on any atom is 0.300 e. The predicted octanol–water partition coefficient (Wildman–Crippen LogP) is 0.571. The molecule has 0 aromatic carbocycles. The molecule has 2 nitrogen and oxygen atoms in total. The van der Waals surface area contributed by atoms with Gasteiger partial charge in [-0.25, -0.2) is 0 Å². The summed E-state index contributed by atoms with van der Waals surface area (Å²) in [6, 6.07) is 0. The fourth-order valence-corrected chi connectivity index (χ4v) is 0. The van der Waals surface area contributed by atoms with Crippen molar-refractivity contribution >= 4 is 35.7 Å². The fourth-order valence-electron chi connectivity index (χ4n) is 0. The Morgan fingerprint density at radius 1 is 1.67 bits per heavy atom. The van der Waals surface area contributed by atoms with Gasteiger partial charge in [-0.2, -0.15) is 0 Å². The first kappa shape index (κ1) is 16.0. The minimum atomic E-state index is -0.833. The smallest absolute Gasteiger partial charge is 0.300 e. The second kappa shape index (κ2) is 9.11. The van der Waals surface area contributed by atoms with Crippen LogP contribution in [-0.2, 0) is 4.79 Å². The van der Waals surface area contributed by atoms with Gasteiger partial charge in [0, 0.05) is 36.6 Å². The molecule has 0 aliphatic rings. The van der Waals surface area contributed by atoms with Crippen LogP contribution in [0, 0.1) is 0 Å². The predicted molar refractivity (Wildman–Crippen MR) is 26.0 cm³/mol. The molecule has 0 atom stereocenters. The van der Waals surface area contributed by atoms with Crippen LogP contribution in [-0.4, -0.2) is 30.9 Å². The quantitative estimate of drug-likeness (QED) is 0.416. The van der Waals surface area contributed by atoms with Crippen molar-refractivity contribution in [3.63, 3.8) is 0 Å². The third-order valence-electron chi connectivity index (χ3n) is 0. The largest absolute Gasteiger partial charge is 0.481 e. The van der Waals surface area contributed by atoms with E-state index in [9.17, 15) is 0 Å². The molecule has 0 aliphatic heterocycles. The Kier molecular flexibility index (Phi) is 24.3. The van der Waals surface area contributed by atoms with Crippen molar-refractivity contribution in [1.82, 2.24) is 0 Å². The summed E-state index contributed by atoms with van der Waals surface area (Å²) < 4.78 is 0.